The predicted octanol–water partition coefficient (Wildman–Crippen LogP) is 1.49. The Labute approximate surface area is 164 Å². The van der Waals surface area contributed by atoms with Crippen LogP contribution in [0.2, 0.25) is 0 Å². The predicted molar refractivity (Wildman–Crippen MR) is 99.8 cm³/mol. The number of benzene rings is 1. The molecule has 0 aliphatic carbocycles. The molecule has 3 N–H and O–H groups in total. The Morgan fingerprint density at radius 3 is 2.31 bits per heavy atom. The number of carbonyl (C=O) groups excluding carboxylic acids is 1. The summed E-state index contributed by atoms with van der Waals surface area (Å²) in [7, 11) is -1.73. The Kier molecular flexibility index (Phi) is 5.23. The Bertz CT molecular complexity index is 1180. The normalized spacial score (nSPS) is 11.1. The van der Waals surface area contributed by atoms with E-state index in [-0.39, 0.29) is 33.5 Å². The van der Waals surface area contributed by atoms with E-state index in [9.17, 15) is 23.1 Å². The summed E-state index contributed by atoms with van der Waals surface area (Å²) in [4.78, 5) is 30.9. The van der Waals surface area contributed by atoms with E-state index in [0.717, 1.165) is 10.8 Å². The molecule has 2 amide bonds. The van der Waals surface area contributed by atoms with Gasteiger partial charge in [0.2, 0.25) is 17.7 Å². The SMILES string of the molecule is COc1cc(OC)nc(NC(=O)NS(=O)(=O)c2cn(C(=O)O)c3ccccc23)n1. The second-order valence-electron chi connectivity index (χ2n) is 5.50. The van der Waals surface area contributed by atoms with Crippen LogP contribution in [0, 0.1) is 0 Å². The molecule has 0 aliphatic rings. The average molecular weight is 421 g/mol. The molecule has 152 valence electrons. The van der Waals surface area contributed by atoms with Crippen LogP contribution in [0.5, 0.6) is 11.8 Å². The number of methoxy groups -OCH3 is 2. The van der Waals surface area contributed by atoms with Crippen LogP contribution >= 0.6 is 0 Å². The lowest BCUT2D eigenvalue weighted by molar-refractivity contribution is 0.197. The van der Waals surface area contributed by atoms with Crippen LogP contribution in [0.4, 0.5) is 15.5 Å². The van der Waals surface area contributed by atoms with E-state index < -0.39 is 22.1 Å². The zero-order valence-corrected chi connectivity index (χ0v) is 15.9. The molecule has 0 unspecified atom stereocenters. The van der Waals surface area contributed by atoms with Gasteiger partial charge in [-0.2, -0.15) is 9.97 Å². The standard InChI is InChI=1S/C16H15N5O7S/c1-27-12-7-13(28-2)18-14(17-12)19-15(22)20-29(25,26)11-8-21(16(23)24)10-6-4-3-5-9(10)11/h3-8H,1-2H3,(H,23,24)(H2,17,18,19,20,22). The molecule has 1 aromatic carbocycles. The largest absolute Gasteiger partial charge is 0.481 e. The molecule has 0 atom stereocenters. The minimum Gasteiger partial charge on any atom is -0.481 e. The van der Waals surface area contributed by atoms with Crippen molar-refractivity contribution in [1.29, 1.82) is 0 Å². The third kappa shape index (κ3) is 4.03. The second kappa shape index (κ2) is 7.63. The molecule has 12 nitrogen and oxygen atoms in total. The molecular weight excluding hydrogens is 406 g/mol. The van der Waals surface area contributed by atoms with Crippen molar-refractivity contribution in [2.75, 3.05) is 19.5 Å². The van der Waals surface area contributed by atoms with Crippen molar-refractivity contribution in [3.63, 3.8) is 0 Å². The first-order valence-corrected chi connectivity index (χ1v) is 9.37. The van der Waals surface area contributed by atoms with Crippen molar-refractivity contribution in [3.8, 4) is 11.8 Å². The van der Waals surface area contributed by atoms with Gasteiger partial charge in [-0.15, -0.1) is 0 Å². The lowest BCUT2D eigenvalue weighted by atomic mass is 10.2. The molecule has 2 heterocycles. The molecule has 0 bridgehead atoms. The highest BCUT2D eigenvalue weighted by Crippen LogP contribution is 2.25. The Morgan fingerprint density at radius 2 is 1.72 bits per heavy atom. The lowest BCUT2D eigenvalue weighted by Gasteiger charge is -2.09. The van der Waals surface area contributed by atoms with Crippen molar-refractivity contribution >= 4 is 39.0 Å². The van der Waals surface area contributed by atoms with Crippen LogP contribution in [0.1, 0.15) is 0 Å². The van der Waals surface area contributed by atoms with Crippen molar-refractivity contribution in [1.82, 2.24) is 19.3 Å². The minimum atomic E-state index is -4.41. The van der Waals surface area contributed by atoms with Gasteiger partial charge in [0.25, 0.3) is 10.0 Å². The number of carboxylic acid groups (broad SMARTS) is 1. The van der Waals surface area contributed by atoms with Gasteiger partial charge in [-0.3, -0.25) is 9.88 Å². The number of urea groups is 1. The van der Waals surface area contributed by atoms with Crippen molar-refractivity contribution < 1.29 is 32.6 Å². The summed E-state index contributed by atoms with van der Waals surface area (Å²) in [5, 5.41) is 11.6. The van der Waals surface area contributed by atoms with Gasteiger partial charge in [0.05, 0.1) is 25.8 Å². The molecule has 0 aliphatic heterocycles. The fourth-order valence-corrected chi connectivity index (χ4v) is 3.61. The number of hydrogen-bond acceptors (Lipinski definition) is 8. The molecule has 0 radical (unpaired) electrons. The van der Waals surface area contributed by atoms with E-state index in [1.54, 1.807) is 16.9 Å². The van der Waals surface area contributed by atoms with E-state index in [0.29, 0.717) is 0 Å². The number of ether oxygens (including phenoxy) is 2. The van der Waals surface area contributed by atoms with Crippen LogP contribution < -0.4 is 19.5 Å². The molecule has 29 heavy (non-hydrogen) atoms. The van der Waals surface area contributed by atoms with Gasteiger partial charge in [-0.05, 0) is 6.07 Å². The first-order chi connectivity index (χ1) is 13.7. The number of rotatable bonds is 5. The highest BCUT2D eigenvalue weighted by molar-refractivity contribution is 7.90. The summed E-state index contributed by atoms with van der Waals surface area (Å²) in [5.41, 5.74) is 0.154. The highest BCUT2D eigenvalue weighted by atomic mass is 32.2. The number of carbonyl (C=O) groups is 2. The van der Waals surface area contributed by atoms with E-state index in [1.165, 1.54) is 32.4 Å². The maximum Gasteiger partial charge on any atom is 0.416 e. The summed E-state index contributed by atoms with van der Waals surface area (Å²) in [6, 6.07) is 6.18. The van der Waals surface area contributed by atoms with Gasteiger partial charge in [-0.25, -0.2) is 22.7 Å². The fraction of sp³-hybridized carbons (Fsp3) is 0.125. The first-order valence-electron chi connectivity index (χ1n) is 7.89. The fourth-order valence-electron chi connectivity index (χ4n) is 2.49. The summed E-state index contributed by atoms with van der Waals surface area (Å²) in [6.45, 7) is 0. The number of aromatic nitrogens is 3. The number of hydrogen-bond donors (Lipinski definition) is 3. The molecule has 13 heteroatoms. The molecule has 0 saturated heterocycles. The van der Waals surface area contributed by atoms with Crippen LogP contribution in [-0.4, -0.2) is 54.4 Å². The minimum absolute atomic E-state index is 0.0829. The van der Waals surface area contributed by atoms with Crippen molar-refractivity contribution in [2.24, 2.45) is 0 Å². The molecule has 2 aromatic heterocycles. The number of para-hydroxylation sites is 1. The Balaban J connectivity index is 1.90. The topological polar surface area (TPSA) is 162 Å². The van der Waals surface area contributed by atoms with Gasteiger partial charge < -0.3 is 14.6 Å². The molecule has 3 rings (SSSR count). The maximum absolute atomic E-state index is 12.7. The molecule has 0 saturated carbocycles. The molecule has 0 spiro atoms. The lowest BCUT2D eigenvalue weighted by Crippen LogP contribution is -2.34. The average Bonchev–Trinajstić information content (AvgIpc) is 3.08. The Hall–Kier alpha value is -3.87. The number of amides is 2. The zero-order valence-electron chi connectivity index (χ0n) is 15.1. The summed E-state index contributed by atoms with van der Waals surface area (Å²) in [5.74, 6) is -0.0964. The third-order valence-electron chi connectivity index (χ3n) is 3.72. The smallest absolute Gasteiger partial charge is 0.416 e. The highest BCUT2D eigenvalue weighted by Gasteiger charge is 2.25. The van der Waals surface area contributed by atoms with Crippen LogP contribution in [0.25, 0.3) is 10.9 Å². The number of sulfonamides is 1. The van der Waals surface area contributed by atoms with Crippen molar-refractivity contribution in [2.45, 2.75) is 4.90 Å². The van der Waals surface area contributed by atoms with E-state index in [4.69, 9.17) is 9.47 Å². The zero-order chi connectivity index (χ0) is 21.2. The molecule has 0 fully saturated rings. The first kappa shape index (κ1) is 19.9. The van der Waals surface area contributed by atoms with Crippen molar-refractivity contribution in [3.05, 3.63) is 36.5 Å². The monoisotopic (exact) mass is 421 g/mol. The Morgan fingerprint density at radius 1 is 1.10 bits per heavy atom. The summed E-state index contributed by atoms with van der Waals surface area (Å²) < 4.78 is 37.7. The van der Waals surface area contributed by atoms with Gasteiger partial charge >= 0.3 is 12.1 Å². The van der Waals surface area contributed by atoms with Crippen LogP contribution in [-0.2, 0) is 10.0 Å². The van der Waals surface area contributed by atoms with E-state index in [1.807, 2.05) is 0 Å². The van der Waals surface area contributed by atoms with Gasteiger partial charge in [0, 0.05) is 11.6 Å². The third-order valence-corrected chi connectivity index (χ3v) is 5.08. The van der Waals surface area contributed by atoms with Gasteiger partial charge in [0.15, 0.2) is 0 Å². The number of nitrogens with zero attached hydrogens (tertiary/aromatic N) is 3. The molecule has 3 aromatic rings. The van der Waals surface area contributed by atoms with Gasteiger partial charge in [0.1, 0.15) is 4.90 Å². The quantitative estimate of drug-likeness (QED) is 0.554. The maximum atomic E-state index is 12.7. The molecular formula is C16H15N5O7S. The van der Waals surface area contributed by atoms with E-state index >= 15 is 0 Å². The number of anilines is 1. The summed E-state index contributed by atoms with van der Waals surface area (Å²) in [6.07, 6.45) is -0.461. The van der Waals surface area contributed by atoms with Crippen LogP contribution in [0.3, 0.4) is 0 Å². The number of nitrogens with one attached hydrogen (secondary N) is 2. The second-order valence-corrected chi connectivity index (χ2v) is 7.15. The van der Waals surface area contributed by atoms with Gasteiger partial charge in [-0.1, -0.05) is 18.2 Å². The van der Waals surface area contributed by atoms with Crippen LogP contribution in [0.15, 0.2) is 41.4 Å². The number of fused-ring (bicyclic) bond motifs is 1. The summed E-state index contributed by atoms with van der Waals surface area (Å²) >= 11 is 0. The van der Waals surface area contributed by atoms with E-state index in [2.05, 4.69) is 15.3 Å².